The van der Waals surface area contributed by atoms with Gasteiger partial charge in [-0.3, -0.25) is 9.36 Å². The van der Waals surface area contributed by atoms with Crippen molar-refractivity contribution in [1.29, 1.82) is 0 Å². The first-order chi connectivity index (χ1) is 15.8. The Morgan fingerprint density at radius 2 is 1.87 bits per heavy atom. The van der Waals surface area contributed by atoms with Crippen molar-refractivity contribution >= 4 is 22.3 Å². The summed E-state index contributed by atoms with van der Waals surface area (Å²) in [5.41, 5.74) is 1.55. The molecule has 4 aromatic rings. The number of oxime groups is 1. The molecule has 0 unspecified atom stereocenters. The van der Waals surface area contributed by atoms with Gasteiger partial charge in [-0.25, -0.2) is 13.8 Å². The number of aromatic nitrogens is 2. The molecule has 1 N–H and O–H groups in total. The van der Waals surface area contributed by atoms with E-state index in [1.807, 2.05) is 0 Å². The van der Waals surface area contributed by atoms with Gasteiger partial charge in [0.15, 0.2) is 11.5 Å². The highest BCUT2D eigenvalue weighted by atomic mass is 19.1. The summed E-state index contributed by atoms with van der Waals surface area (Å²) in [6.45, 7) is -2.01. The third-order valence-electron chi connectivity index (χ3n) is 4.91. The van der Waals surface area contributed by atoms with Crippen LogP contribution in [0.4, 0.5) is 14.5 Å². The Balaban J connectivity index is 1.62. The second-order valence-electron chi connectivity index (χ2n) is 6.85. The average Bonchev–Trinajstić information content (AvgIpc) is 3.07. The van der Waals surface area contributed by atoms with Gasteiger partial charge in [0.25, 0.3) is 5.56 Å². The number of nitrogens with one attached hydrogen (secondary N) is 1. The molecule has 1 aromatic heterocycles. The van der Waals surface area contributed by atoms with Crippen LogP contribution in [0.1, 0.15) is 19.7 Å². The second-order valence-corrected chi connectivity index (χ2v) is 6.85. The van der Waals surface area contributed by atoms with Gasteiger partial charge < -0.3 is 10.2 Å². The maximum absolute atomic E-state index is 13.9. The zero-order valence-electron chi connectivity index (χ0n) is 18.2. The lowest BCUT2D eigenvalue weighted by molar-refractivity contribution is 0.214. The molecular weight excluding hydrogens is 402 g/mol. The summed E-state index contributed by atoms with van der Waals surface area (Å²) in [6, 6.07) is 13.7. The normalized spacial score (nSPS) is 14.7. The van der Waals surface area contributed by atoms with E-state index >= 15 is 0 Å². The highest BCUT2D eigenvalue weighted by Crippen LogP contribution is 2.28. The summed E-state index contributed by atoms with van der Waals surface area (Å²) in [6.07, 6.45) is 0. The van der Waals surface area contributed by atoms with Crippen molar-refractivity contribution in [3.8, 4) is 5.69 Å². The molecule has 0 bridgehead atoms. The SMILES string of the molecule is [2H]C([2H])(Nc1ccc2c(=O)n3c(nc2c1)/C(=N/OC)c1cc(F)ccc1-3)c1ccc(F)cc1. The Bertz CT molecular complexity index is 1500. The molecule has 0 saturated heterocycles. The summed E-state index contributed by atoms with van der Waals surface area (Å²) in [5.74, 6) is -0.765. The lowest BCUT2D eigenvalue weighted by Crippen LogP contribution is -2.21. The van der Waals surface area contributed by atoms with Gasteiger partial charge in [-0.15, -0.1) is 0 Å². The van der Waals surface area contributed by atoms with E-state index in [2.05, 4.69) is 15.5 Å². The number of anilines is 1. The molecule has 0 fully saturated rings. The third kappa shape index (κ3) is 3.22. The molecule has 8 heteroatoms. The fourth-order valence-electron chi connectivity index (χ4n) is 3.52. The van der Waals surface area contributed by atoms with Gasteiger partial charge in [0, 0.05) is 17.7 Å². The van der Waals surface area contributed by atoms with Crippen LogP contribution in [0.3, 0.4) is 0 Å². The van der Waals surface area contributed by atoms with Crippen LogP contribution in [0.2, 0.25) is 0 Å². The minimum absolute atomic E-state index is 0.189. The van der Waals surface area contributed by atoms with Crippen LogP contribution in [0, 0.1) is 11.6 Å². The van der Waals surface area contributed by atoms with Crippen molar-refractivity contribution in [1.82, 2.24) is 9.55 Å². The zero-order chi connectivity index (χ0) is 23.3. The number of hydrogen-bond donors (Lipinski definition) is 1. The largest absolute Gasteiger partial charge is 0.399 e. The van der Waals surface area contributed by atoms with Crippen molar-refractivity contribution in [2.24, 2.45) is 5.16 Å². The summed E-state index contributed by atoms with van der Waals surface area (Å²) in [4.78, 5) is 22.7. The minimum Gasteiger partial charge on any atom is -0.399 e. The molecule has 154 valence electrons. The standard InChI is InChI=1S/C23H16F2N4O2/c1-31-28-21-18-10-15(25)6-9-20(18)29-22(21)27-19-11-16(7-8-17(19)23(29)30)26-12-13-2-4-14(24)5-3-13/h2-11,26H,12H2,1H3/b28-21+/i12D2. The second kappa shape index (κ2) is 7.32. The monoisotopic (exact) mass is 420 g/mol. The summed E-state index contributed by atoms with van der Waals surface area (Å²) in [5, 5.41) is 6.99. The van der Waals surface area contributed by atoms with Crippen molar-refractivity contribution < 1.29 is 16.4 Å². The van der Waals surface area contributed by atoms with Gasteiger partial charge >= 0.3 is 0 Å². The van der Waals surface area contributed by atoms with Crippen molar-refractivity contribution in [2.75, 3.05) is 12.4 Å². The first kappa shape index (κ1) is 16.7. The van der Waals surface area contributed by atoms with Crippen LogP contribution in [0.15, 0.2) is 70.6 Å². The van der Waals surface area contributed by atoms with Gasteiger partial charge in [0.2, 0.25) is 0 Å². The molecule has 5 rings (SSSR count). The maximum Gasteiger partial charge on any atom is 0.266 e. The first-order valence-corrected chi connectivity index (χ1v) is 9.31. The van der Waals surface area contributed by atoms with E-state index in [4.69, 9.17) is 7.58 Å². The van der Waals surface area contributed by atoms with Crippen LogP contribution in [0.5, 0.6) is 0 Å². The quantitative estimate of drug-likeness (QED) is 0.447. The van der Waals surface area contributed by atoms with Gasteiger partial charge in [0.05, 0.1) is 19.3 Å². The average molecular weight is 420 g/mol. The van der Waals surface area contributed by atoms with E-state index in [1.165, 1.54) is 66.3 Å². The molecule has 31 heavy (non-hydrogen) atoms. The van der Waals surface area contributed by atoms with Gasteiger partial charge in [-0.1, -0.05) is 17.3 Å². The van der Waals surface area contributed by atoms with Crippen LogP contribution < -0.4 is 10.9 Å². The number of benzene rings is 3. The molecule has 0 amide bonds. The van der Waals surface area contributed by atoms with Crippen LogP contribution in [0.25, 0.3) is 16.6 Å². The molecular formula is C23H16F2N4O2. The van der Waals surface area contributed by atoms with Crippen LogP contribution >= 0.6 is 0 Å². The number of halogens is 2. The summed E-state index contributed by atoms with van der Waals surface area (Å²) >= 11 is 0. The predicted octanol–water partition coefficient (Wildman–Crippen LogP) is 3.99. The fraction of sp³-hybridized carbons (Fsp3) is 0.0870. The molecule has 2 heterocycles. The minimum atomic E-state index is -2.01. The Labute approximate surface area is 178 Å². The first-order valence-electron chi connectivity index (χ1n) is 10.3. The fourth-order valence-corrected chi connectivity index (χ4v) is 3.52. The molecule has 1 aliphatic heterocycles. The topological polar surface area (TPSA) is 68.5 Å². The Hall–Kier alpha value is -4.07. The van der Waals surface area contributed by atoms with Gasteiger partial charge in [-0.2, -0.15) is 0 Å². The van der Waals surface area contributed by atoms with E-state index in [0.717, 1.165) is 0 Å². The van der Waals surface area contributed by atoms with Gasteiger partial charge in [0.1, 0.15) is 18.7 Å². The lowest BCUT2D eigenvalue weighted by Gasteiger charge is -2.09. The highest BCUT2D eigenvalue weighted by molar-refractivity contribution is 6.16. The van der Waals surface area contributed by atoms with Crippen LogP contribution in [-0.2, 0) is 11.3 Å². The highest BCUT2D eigenvalue weighted by Gasteiger charge is 2.30. The van der Waals surface area contributed by atoms with Crippen molar-refractivity contribution in [3.05, 3.63) is 99.6 Å². The van der Waals surface area contributed by atoms with Gasteiger partial charge in [-0.05, 0) is 54.1 Å². The number of rotatable bonds is 4. The molecule has 0 spiro atoms. The van der Waals surface area contributed by atoms with E-state index in [-0.39, 0.29) is 22.7 Å². The van der Waals surface area contributed by atoms with E-state index in [1.54, 1.807) is 6.07 Å². The molecule has 1 aliphatic rings. The Morgan fingerprint density at radius 3 is 2.65 bits per heavy atom. The Morgan fingerprint density at radius 1 is 1.10 bits per heavy atom. The molecule has 0 radical (unpaired) electrons. The summed E-state index contributed by atoms with van der Waals surface area (Å²) in [7, 11) is 1.34. The molecule has 0 saturated carbocycles. The van der Waals surface area contributed by atoms with Crippen molar-refractivity contribution in [2.45, 2.75) is 6.50 Å². The maximum atomic E-state index is 13.9. The summed E-state index contributed by atoms with van der Waals surface area (Å²) < 4.78 is 45.1. The lowest BCUT2D eigenvalue weighted by atomic mass is 10.1. The smallest absolute Gasteiger partial charge is 0.266 e. The van der Waals surface area contributed by atoms with E-state index < -0.39 is 18.1 Å². The molecule has 3 aromatic carbocycles. The number of nitrogens with zero attached hydrogens (tertiary/aromatic N) is 3. The van der Waals surface area contributed by atoms with E-state index in [9.17, 15) is 13.6 Å². The van der Waals surface area contributed by atoms with Crippen LogP contribution in [-0.4, -0.2) is 22.4 Å². The van der Waals surface area contributed by atoms with Crippen molar-refractivity contribution in [3.63, 3.8) is 0 Å². The molecule has 0 aliphatic carbocycles. The Kier molecular flexibility index (Phi) is 3.94. The van der Waals surface area contributed by atoms with E-state index in [0.29, 0.717) is 27.8 Å². The zero-order valence-corrected chi connectivity index (χ0v) is 16.2. The predicted molar refractivity (Wildman–Crippen MR) is 114 cm³/mol. The molecule has 6 nitrogen and oxygen atoms in total. The number of fused-ring (bicyclic) bond motifs is 4. The molecule has 0 atom stereocenters. The number of hydrogen-bond acceptors (Lipinski definition) is 5. The third-order valence-corrected chi connectivity index (χ3v) is 4.91.